The normalized spacial score (nSPS) is 16.4. The number of nitrogens with zero attached hydrogens (tertiary/aromatic N) is 4. The summed E-state index contributed by atoms with van der Waals surface area (Å²) in [6, 6.07) is 14.8. The van der Waals surface area contributed by atoms with Gasteiger partial charge in [0.05, 0.1) is 0 Å². The molecule has 0 bridgehead atoms. The second kappa shape index (κ2) is 8.67. The molecule has 1 unspecified atom stereocenters. The summed E-state index contributed by atoms with van der Waals surface area (Å²) in [6.07, 6.45) is 1.39. The Morgan fingerprint density at radius 1 is 1.13 bits per heavy atom. The van der Waals surface area contributed by atoms with Crippen molar-refractivity contribution in [2.24, 2.45) is 0 Å². The zero-order valence-electron chi connectivity index (χ0n) is 16.3. The van der Waals surface area contributed by atoms with Crippen LogP contribution in [0.5, 0.6) is 11.6 Å². The molecule has 1 atom stereocenters. The van der Waals surface area contributed by atoms with Gasteiger partial charge in [-0.15, -0.1) is 0 Å². The van der Waals surface area contributed by atoms with E-state index >= 15 is 0 Å². The number of aromatic nitrogens is 2. The Kier molecular flexibility index (Phi) is 5.81. The topological polar surface area (TPSA) is 58.6 Å². The highest BCUT2D eigenvalue weighted by atomic mass is 35.5. The van der Waals surface area contributed by atoms with Crippen molar-refractivity contribution in [1.29, 1.82) is 0 Å². The van der Waals surface area contributed by atoms with Gasteiger partial charge < -0.3 is 14.5 Å². The summed E-state index contributed by atoms with van der Waals surface area (Å²) >= 11 is 6.02. The fourth-order valence-electron chi connectivity index (χ4n) is 3.45. The summed E-state index contributed by atoms with van der Waals surface area (Å²) in [4.78, 5) is 25.2. The largest absolute Gasteiger partial charge is 0.436 e. The van der Waals surface area contributed by atoms with Crippen molar-refractivity contribution in [3.8, 4) is 11.6 Å². The second-order valence-corrected chi connectivity index (χ2v) is 7.49. The van der Waals surface area contributed by atoms with Crippen molar-refractivity contribution < 1.29 is 13.9 Å². The Labute approximate surface area is 178 Å². The van der Waals surface area contributed by atoms with E-state index in [9.17, 15) is 9.18 Å². The van der Waals surface area contributed by atoms with Gasteiger partial charge in [0.1, 0.15) is 12.1 Å². The third kappa shape index (κ3) is 4.36. The molecule has 0 spiro atoms. The Hall–Kier alpha value is -3.19. The van der Waals surface area contributed by atoms with Gasteiger partial charge in [-0.3, -0.25) is 4.79 Å². The average molecular weight is 427 g/mol. The Bertz CT molecular complexity index is 1060. The molecule has 3 aromatic rings. The molecule has 2 aromatic carbocycles. The van der Waals surface area contributed by atoms with E-state index in [1.54, 1.807) is 48.5 Å². The van der Waals surface area contributed by atoms with Gasteiger partial charge in [0.15, 0.2) is 11.6 Å². The molecule has 2 heterocycles. The second-order valence-electron chi connectivity index (χ2n) is 7.05. The lowest BCUT2D eigenvalue weighted by molar-refractivity contribution is 0.0673. The van der Waals surface area contributed by atoms with E-state index in [2.05, 4.69) is 14.9 Å². The standard InChI is InChI=1S/C22H20ClFN4O2/c1-15-13-27(9-10-28(15)22(29)16-5-4-6-17(23)11-16)20-12-21(26-14-25-20)30-19-8-3-2-7-18(19)24/h2-8,11-12,14-15H,9-10,13H2,1H3. The van der Waals surface area contributed by atoms with Gasteiger partial charge in [-0.2, -0.15) is 0 Å². The Balaban J connectivity index is 1.45. The first-order valence-electron chi connectivity index (χ1n) is 9.57. The molecule has 1 aliphatic rings. The molecule has 1 amide bonds. The fourth-order valence-corrected chi connectivity index (χ4v) is 3.64. The van der Waals surface area contributed by atoms with Crippen LogP contribution in [-0.4, -0.2) is 46.5 Å². The van der Waals surface area contributed by atoms with E-state index in [1.165, 1.54) is 12.4 Å². The van der Waals surface area contributed by atoms with E-state index in [1.807, 2.05) is 11.8 Å². The maximum Gasteiger partial charge on any atom is 0.254 e. The molecular weight excluding hydrogens is 407 g/mol. The number of para-hydroxylation sites is 1. The summed E-state index contributed by atoms with van der Waals surface area (Å²) in [5.74, 6) is 0.524. The van der Waals surface area contributed by atoms with Crippen LogP contribution in [0.15, 0.2) is 60.9 Å². The van der Waals surface area contributed by atoms with Crippen LogP contribution >= 0.6 is 11.6 Å². The number of anilines is 1. The minimum absolute atomic E-state index is 0.0314. The van der Waals surface area contributed by atoms with Gasteiger partial charge in [0.2, 0.25) is 5.88 Å². The number of piperazine rings is 1. The third-order valence-electron chi connectivity index (χ3n) is 4.96. The highest BCUT2D eigenvalue weighted by molar-refractivity contribution is 6.30. The van der Waals surface area contributed by atoms with Gasteiger partial charge in [-0.05, 0) is 37.3 Å². The first kappa shape index (κ1) is 20.1. The predicted octanol–water partition coefficient (Wildman–Crippen LogP) is 4.41. The number of carbonyl (C=O) groups excluding carboxylic acids is 1. The van der Waals surface area contributed by atoms with Crippen LogP contribution in [-0.2, 0) is 0 Å². The summed E-state index contributed by atoms with van der Waals surface area (Å²) in [7, 11) is 0. The lowest BCUT2D eigenvalue weighted by Crippen LogP contribution is -2.54. The minimum Gasteiger partial charge on any atom is -0.436 e. The van der Waals surface area contributed by atoms with Crippen LogP contribution in [0.2, 0.25) is 5.02 Å². The van der Waals surface area contributed by atoms with Gasteiger partial charge in [0.25, 0.3) is 5.91 Å². The van der Waals surface area contributed by atoms with E-state index in [0.717, 1.165) is 0 Å². The molecule has 1 fully saturated rings. The van der Waals surface area contributed by atoms with Crippen molar-refractivity contribution in [1.82, 2.24) is 14.9 Å². The van der Waals surface area contributed by atoms with Crippen LogP contribution in [0, 0.1) is 5.82 Å². The van der Waals surface area contributed by atoms with Gasteiger partial charge in [-0.25, -0.2) is 14.4 Å². The summed E-state index contributed by atoms with van der Waals surface area (Å²) in [6.45, 7) is 3.74. The number of rotatable bonds is 4. The number of halogens is 2. The Morgan fingerprint density at radius 3 is 2.73 bits per heavy atom. The molecule has 154 valence electrons. The highest BCUT2D eigenvalue weighted by Gasteiger charge is 2.29. The van der Waals surface area contributed by atoms with E-state index in [-0.39, 0.29) is 23.6 Å². The molecular formula is C22H20ClFN4O2. The molecule has 8 heteroatoms. The van der Waals surface area contributed by atoms with Crippen LogP contribution in [0.3, 0.4) is 0 Å². The molecule has 1 aromatic heterocycles. The number of hydrogen-bond acceptors (Lipinski definition) is 5. The van der Waals surface area contributed by atoms with E-state index < -0.39 is 5.82 Å². The first-order valence-corrected chi connectivity index (χ1v) is 9.95. The van der Waals surface area contributed by atoms with E-state index in [4.69, 9.17) is 16.3 Å². The number of amides is 1. The quantitative estimate of drug-likeness (QED) is 0.618. The lowest BCUT2D eigenvalue weighted by Gasteiger charge is -2.40. The van der Waals surface area contributed by atoms with Crippen LogP contribution < -0.4 is 9.64 Å². The zero-order chi connectivity index (χ0) is 21.1. The number of carbonyl (C=O) groups is 1. The molecule has 0 radical (unpaired) electrons. The number of hydrogen-bond donors (Lipinski definition) is 0. The summed E-state index contributed by atoms with van der Waals surface area (Å²) in [5.41, 5.74) is 0.574. The van der Waals surface area contributed by atoms with E-state index in [0.29, 0.717) is 36.0 Å². The van der Waals surface area contributed by atoms with Gasteiger partial charge in [-0.1, -0.05) is 29.8 Å². The highest BCUT2D eigenvalue weighted by Crippen LogP contribution is 2.26. The predicted molar refractivity (Wildman–Crippen MR) is 113 cm³/mol. The van der Waals surface area contributed by atoms with Crippen molar-refractivity contribution in [2.75, 3.05) is 24.5 Å². The van der Waals surface area contributed by atoms with Crippen molar-refractivity contribution in [3.05, 3.63) is 77.3 Å². The summed E-state index contributed by atoms with van der Waals surface area (Å²) < 4.78 is 19.4. The average Bonchev–Trinajstić information content (AvgIpc) is 2.75. The van der Waals surface area contributed by atoms with Crippen molar-refractivity contribution in [2.45, 2.75) is 13.0 Å². The maximum atomic E-state index is 13.8. The maximum absolute atomic E-state index is 13.8. The molecule has 0 N–H and O–H groups in total. The number of ether oxygens (including phenoxy) is 1. The molecule has 0 saturated carbocycles. The molecule has 1 saturated heterocycles. The fraction of sp³-hybridized carbons (Fsp3) is 0.227. The lowest BCUT2D eigenvalue weighted by atomic mass is 10.1. The Morgan fingerprint density at radius 2 is 1.97 bits per heavy atom. The molecule has 0 aliphatic carbocycles. The van der Waals surface area contributed by atoms with Crippen LogP contribution in [0.25, 0.3) is 0 Å². The van der Waals surface area contributed by atoms with Crippen molar-refractivity contribution >= 4 is 23.3 Å². The SMILES string of the molecule is CC1CN(c2cc(Oc3ccccc3F)ncn2)CCN1C(=O)c1cccc(Cl)c1. The smallest absolute Gasteiger partial charge is 0.254 e. The molecule has 1 aliphatic heterocycles. The van der Waals surface area contributed by atoms with Crippen LogP contribution in [0.4, 0.5) is 10.2 Å². The number of benzene rings is 2. The third-order valence-corrected chi connectivity index (χ3v) is 5.20. The molecule has 6 nitrogen and oxygen atoms in total. The monoisotopic (exact) mass is 426 g/mol. The van der Waals surface area contributed by atoms with Gasteiger partial charge in [0, 0.05) is 42.3 Å². The molecule has 4 rings (SSSR count). The van der Waals surface area contributed by atoms with Crippen molar-refractivity contribution in [3.63, 3.8) is 0 Å². The zero-order valence-corrected chi connectivity index (χ0v) is 17.1. The van der Waals surface area contributed by atoms with Crippen LogP contribution in [0.1, 0.15) is 17.3 Å². The molecule has 30 heavy (non-hydrogen) atoms. The summed E-state index contributed by atoms with van der Waals surface area (Å²) in [5, 5.41) is 0.538. The first-order chi connectivity index (χ1) is 14.5. The minimum atomic E-state index is -0.459. The van der Waals surface area contributed by atoms with Gasteiger partial charge >= 0.3 is 0 Å².